The van der Waals surface area contributed by atoms with Crippen molar-refractivity contribution >= 4 is 0 Å². The summed E-state index contributed by atoms with van der Waals surface area (Å²) < 4.78 is 26.9. The summed E-state index contributed by atoms with van der Waals surface area (Å²) in [5.74, 6) is 0.875. The Morgan fingerprint density at radius 2 is 1.26 bits per heavy atom. The van der Waals surface area contributed by atoms with E-state index in [4.69, 9.17) is 14.5 Å². The molecule has 1 aliphatic rings. The minimum atomic E-state index is -0.199. The Hall–Kier alpha value is -2.10. The van der Waals surface area contributed by atoms with Crippen molar-refractivity contribution in [2.24, 2.45) is 0 Å². The third-order valence-corrected chi connectivity index (χ3v) is 6.81. The standard InChI is InChI=1S/C30H44FNO2/c1-3-5-7-9-10-11-13-14-22-33-28-20-17-24-25-18-21-29(34-23-15-12-8-6-4-2)32-27(25)19-16-26(24)30(28)31/h17-18,20-21H,3-16,19,22-23H2,1-2H3. The average Bonchev–Trinajstić information content (AvgIpc) is 2.86. The highest BCUT2D eigenvalue weighted by Gasteiger charge is 2.23. The summed E-state index contributed by atoms with van der Waals surface area (Å²) in [5.41, 5.74) is 3.72. The maximum absolute atomic E-state index is 15.2. The third-order valence-electron chi connectivity index (χ3n) is 6.81. The van der Waals surface area contributed by atoms with Crippen LogP contribution < -0.4 is 9.47 Å². The second-order valence-corrected chi connectivity index (χ2v) is 9.63. The normalized spacial score (nSPS) is 12.3. The molecule has 4 heteroatoms. The van der Waals surface area contributed by atoms with Gasteiger partial charge in [0, 0.05) is 11.6 Å². The SMILES string of the molecule is CCCCCCCCCCOc1ccc2c(c1F)CCc1nc(OCCCCCCC)ccc1-2. The zero-order valence-corrected chi connectivity index (χ0v) is 21.5. The number of hydrogen-bond donors (Lipinski definition) is 0. The van der Waals surface area contributed by atoms with Crippen LogP contribution in [0.15, 0.2) is 24.3 Å². The van der Waals surface area contributed by atoms with Crippen LogP contribution in [-0.4, -0.2) is 18.2 Å². The molecule has 188 valence electrons. The highest BCUT2D eigenvalue weighted by Crippen LogP contribution is 2.38. The largest absolute Gasteiger partial charge is 0.491 e. The van der Waals surface area contributed by atoms with Crippen LogP contribution >= 0.6 is 0 Å². The molecule has 1 heterocycles. The molecule has 1 aromatic carbocycles. The molecule has 0 spiro atoms. The molecule has 0 radical (unpaired) electrons. The van der Waals surface area contributed by atoms with Crippen molar-refractivity contribution in [3.63, 3.8) is 0 Å². The van der Waals surface area contributed by atoms with E-state index in [-0.39, 0.29) is 5.82 Å². The van der Waals surface area contributed by atoms with Crippen LogP contribution in [0.3, 0.4) is 0 Å². The van der Waals surface area contributed by atoms with E-state index in [1.54, 1.807) is 6.07 Å². The number of aromatic nitrogens is 1. The number of halogens is 1. The molecule has 2 aromatic rings. The molecule has 0 unspecified atom stereocenters. The minimum Gasteiger partial charge on any atom is -0.491 e. The van der Waals surface area contributed by atoms with E-state index < -0.39 is 0 Å². The van der Waals surface area contributed by atoms with Crippen LogP contribution in [-0.2, 0) is 12.8 Å². The van der Waals surface area contributed by atoms with Crippen LogP contribution in [0.2, 0.25) is 0 Å². The number of nitrogens with zero attached hydrogens (tertiary/aromatic N) is 1. The van der Waals surface area contributed by atoms with Crippen LogP contribution in [0.5, 0.6) is 11.6 Å². The topological polar surface area (TPSA) is 31.4 Å². The first-order chi connectivity index (χ1) is 16.7. The first kappa shape index (κ1) is 26.5. The van der Waals surface area contributed by atoms with E-state index in [9.17, 15) is 0 Å². The summed E-state index contributed by atoms with van der Waals surface area (Å²) >= 11 is 0. The van der Waals surface area contributed by atoms with E-state index in [1.165, 1.54) is 64.2 Å². The Balaban J connectivity index is 1.48. The third kappa shape index (κ3) is 7.99. The van der Waals surface area contributed by atoms with Crippen molar-refractivity contribution in [1.82, 2.24) is 4.98 Å². The number of rotatable bonds is 17. The Morgan fingerprint density at radius 1 is 0.676 bits per heavy atom. The molecule has 34 heavy (non-hydrogen) atoms. The summed E-state index contributed by atoms with van der Waals surface area (Å²) in [7, 11) is 0. The van der Waals surface area contributed by atoms with Crippen molar-refractivity contribution in [3.05, 3.63) is 41.3 Å². The first-order valence-electron chi connectivity index (χ1n) is 13.8. The summed E-state index contributed by atoms with van der Waals surface area (Å²) in [5, 5.41) is 0. The number of aryl methyl sites for hydroxylation is 1. The Kier molecular flexibility index (Phi) is 11.7. The average molecular weight is 470 g/mol. The maximum atomic E-state index is 15.2. The summed E-state index contributed by atoms with van der Waals surface area (Å²) in [6.07, 6.45) is 17.4. The lowest BCUT2D eigenvalue weighted by Gasteiger charge is -2.21. The fraction of sp³-hybridized carbons (Fsp3) is 0.633. The van der Waals surface area contributed by atoms with Gasteiger partial charge in [0.05, 0.1) is 18.9 Å². The van der Waals surface area contributed by atoms with E-state index in [0.29, 0.717) is 31.3 Å². The summed E-state index contributed by atoms with van der Waals surface area (Å²) in [6.45, 7) is 5.77. The molecule has 0 atom stereocenters. The van der Waals surface area contributed by atoms with Crippen LogP contribution in [0.25, 0.3) is 11.1 Å². The second kappa shape index (κ2) is 15.0. The highest BCUT2D eigenvalue weighted by molar-refractivity contribution is 5.73. The molecule has 0 saturated heterocycles. The minimum absolute atomic E-state index is 0.199. The van der Waals surface area contributed by atoms with E-state index in [2.05, 4.69) is 13.8 Å². The van der Waals surface area contributed by atoms with Crippen LogP contribution in [0, 0.1) is 5.82 Å². The summed E-state index contributed by atoms with van der Waals surface area (Å²) in [4.78, 5) is 4.72. The molecule has 0 fully saturated rings. The molecule has 0 saturated carbocycles. The quantitative estimate of drug-likeness (QED) is 0.217. The molecule has 1 aromatic heterocycles. The zero-order chi connectivity index (χ0) is 24.0. The summed E-state index contributed by atoms with van der Waals surface area (Å²) in [6, 6.07) is 7.74. The van der Waals surface area contributed by atoms with Gasteiger partial charge in [0.2, 0.25) is 5.88 Å². The van der Waals surface area contributed by atoms with Crippen molar-refractivity contribution in [1.29, 1.82) is 0 Å². The van der Waals surface area contributed by atoms with Gasteiger partial charge in [0.25, 0.3) is 0 Å². The highest BCUT2D eigenvalue weighted by atomic mass is 19.1. The Bertz CT molecular complexity index is 867. The molecule has 3 rings (SSSR count). The van der Waals surface area contributed by atoms with Gasteiger partial charge in [-0.2, -0.15) is 0 Å². The van der Waals surface area contributed by atoms with Gasteiger partial charge < -0.3 is 9.47 Å². The number of unbranched alkanes of at least 4 members (excludes halogenated alkanes) is 11. The number of fused-ring (bicyclic) bond motifs is 3. The second-order valence-electron chi connectivity index (χ2n) is 9.63. The van der Waals surface area contributed by atoms with Gasteiger partial charge in [-0.1, -0.05) is 90.5 Å². The molecule has 1 aliphatic carbocycles. The lowest BCUT2D eigenvalue weighted by atomic mass is 9.88. The number of pyridine rings is 1. The van der Waals surface area contributed by atoms with Crippen LogP contribution in [0.1, 0.15) is 109 Å². The van der Waals surface area contributed by atoms with Gasteiger partial charge >= 0.3 is 0 Å². The first-order valence-corrected chi connectivity index (χ1v) is 13.8. The molecule has 0 amide bonds. The van der Waals surface area contributed by atoms with Gasteiger partial charge in [0.1, 0.15) is 0 Å². The zero-order valence-electron chi connectivity index (χ0n) is 21.5. The Morgan fingerprint density at radius 3 is 1.94 bits per heavy atom. The lowest BCUT2D eigenvalue weighted by Crippen LogP contribution is -2.11. The van der Waals surface area contributed by atoms with Gasteiger partial charge in [-0.05, 0) is 48.9 Å². The number of hydrogen-bond acceptors (Lipinski definition) is 3. The van der Waals surface area contributed by atoms with Crippen molar-refractivity contribution in [2.45, 2.75) is 110 Å². The molecule has 0 N–H and O–H groups in total. The van der Waals surface area contributed by atoms with Gasteiger partial charge in [0.15, 0.2) is 11.6 Å². The molecule has 0 aliphatic heterocycles. The maximum Gasteiger partial charge on any atom is 0.213 e. The molecular weight excluding hydrogens is 425 g/mol. The van der Waals surface area contributed by atoms with E-state index >= 15 is 4.39 Å². The molecule has 0 bridgehead atoms. The van der Waals surface area contributed by atoms with Gasteiger partial charge in [-0.25, -0.2) is 9.37 Å². The van der Waals surface area contributed by atoms with Crippen LogP contribution in [0.4, 0.5) is 4.39 Å². The lowest BCUT2D eigenvalue weighted by molar-refractivity contribution is 0.288. The van der Waals surface area contributed by atoms with Crippen molar-refractivity contribution in [3.8, 4) is 22.8 Å². The predicted molar refractivity (Wildman–Crippen MR) is 139 cm³/mol. The number of benzene rings is 1. The monoisotopic (exact) mass is 469 g/mol. The van der Waals surface area contributed by atoms with Gasteiger partial charge in [-0.15, -0.1) is 0 Å². The molecular formula is C30H44FNO2. The van der Waals surface area contributed by atoms with Crippen molar-refractivity contribution in [2.75, 3.05) is 13.2 Å². The Labute approximate surface area is 206 Å². The number of ether oxygens (including phenoxy) is 2. The smallest absolute Gasteiger partial charge is 0.213 e. The molecule has 3 nitrogen and oxygen atoms in total. The van der Waals surface area contributed by atoms with E-state index in [0.717, 1.165) is 48.1 Å². The van der Waals surface area contributed by atoms with Crippen molar-refractivity contribution < 1.29 is 13.9 Å². The van der Waals surface area contributed by atoms with E-state index in [1.807, 2.05) is 18.2 Å². The van der Waals surface area contributed by atoms with Gasteiger partial charge in [-0.3, -0.25) is 0 Å². The fourth-order valence-corrected chi connectivity index (χ4v) is 4.75. The predicted octanol–water partition coefficient (Wildman–Crippen LogP) is 8.86. The fourth-order valence-electron chi connectivity index (χ4n) is 4.75.